The van der Waals surface area contributed by atoms with Gasteiger partial charge in [-0.25, -0.2) is 4.79 Å². The molecule has 4 aliphatic carbocycles. The fourth-order valence-corrected chi connectivity index (χ4v) is 7.69. The second-order valence-electron chi connectivity index (χ2n) is 11.2. The first-order valence-corrected chi connectivity index (χ1v) is 13.3. The summed E-state index contributed by atoms with van der Waals surface area (Å²) in [6, 6.07) is 15.3. The molecule has 1 unspecified atom stereocenters. The number of hydrogen-bond acceptors (Lipinski definition) is 5. The number of phenols is 1. The molecule has 1 atom stereocenters. The molecule has 37 heavy (non-hydrogen) atoms. The van der Waals surface area contributed by atoms with E-state index in [0.29, 0.717) is 6.61 Å². The molecule has 0 heterocycles. The molecule has 0 radical (unpaired) electrons. The van der Waals surface area contributed by atoms with Gasteiger partial charge in [-0.1, -0.05) is 18.2 Å². The Morgan fingerprint density at radius 1 is 0.946 bits per heavy atom. The van der Waals surface area contributed by atoms with Crippen LogP contribution in [0.1, 0.15) is 61.4 Å². The van der Waals surface area contributed by atoms with E-state index in [0.717, 1.165) is 45.4 Å². The lowest BCUT2D eigenvalue weighted by Gasteiger charge is -2.57. The van der Waals surface area contributed by atoms with E-state index in [-0.39, 0.29) is 16.7 Å². The van der Waals surface area contributed by atoms with Crippen LogP contribution in [0.25, 0.3) is 21.9 Å². The predicted molar refractivity (Wildman–Crippen MR) is 141 cm³/mol. The Kier molecular flexibility index (Phi) is 6.12. The van der Waals surface area contributed by atoms with Gasteiger partial charge >= 0.3 is 12.4 Å². The van der Waals surface area contributed by atoms with E-state index in [2.05, 4.69) is 18.2 Å². The lowest BCUT2D eigenvalue weighted by atomic mass is 9.48. The van der Waals surface area contributed by atoms with Crippen molar-refractivity contribution in [3.8, 4) is 22.6 Å². The maximum Gasteiger partial charge on any atom is 0.339 e. The monoisotopic (exact) mass is 502 g/mol. The van der Waals surface area contributed by atoms with Crippen LogP contribution in [0, 0.1) is 17.8 Å². The molecule has 0 spiro atoms. The third-order valence-corrected chi connectivity index (χ3v) is 8.83. The summed E-state index contributed by atoms with van der Waals surface area (Å²) in [6.45, 7) is 1.67. The van der Waals surface area contributed by atoms with Crippen LogP contribution < -0.4 is 4.74 Å². The average Bonchev–Trinajstić information content (AvgIpc) is 2.86. The van der Waals surface area contributed by atoms with Gasteiger partial charge in [0.1, 0.15) is 17.1 Å². The highest BCUT2D eigenvalue weighted by atomic mass is 16.8. The van der Waals surface area contributed by atoms with Gasteiger partial charge < -0.3 is 24.4 Å². The lowest BCUT2D eigenvalue weighted by molar-refractivity contribution is -0.231. The molecule has 194 valence electrons. The molecule has 4 saturated carbocycles. The highest BCUT2D eigenvalue weighted by Crippen LogP contribution is 2.62. The van der Waals surface area contributed by atoms with Gasteiger partial charge in [-0.2, -0.15) is 0 Å². The van der Waals surface area contributed by atoms with Crippen molar-refractivity contribution in [2.24, 2.45) is 17.8 Å². The summed E-state index contributed by atoms with van der Waals surface area (Å²) in [5.41, 5.74) is 2.96. The number of ether oxygens (including phenoxy) is 3. The Labute approximate surface area is 217 Å². The van der Waals surface area contributed by atoms with Gasteiger partial charge in [0.15, 0.2) is 0 Å². The van der Waals surface area contributed by atoms with Crippen molar-refractivity contribution in [3.63, 3.8) is 0 Å². The van der Waals surface area contributed by atoms with E-state index in [1.807, 2.05) is 19.1 Å². The number of aromatic carboxylic acids is 1. The molecule has 6 nitrogen and oxygen atoms in total. The normalized spacial score (nSPS) is 26.9. The standard InChI is InChI=1S/C31H34O6/c1-3-36-30(35-2)37-28-14-23-5-4-21(22-6-7-25(29(33)34)27(32)13-22)11-24(23)12-26(28)31-15-18-8-19(16-31)10-20(9-18)17-31/h4-7,11-14,18-20,30,32H,3,8-10,15-17H2,1-2H3,(H,33,34). The predicted octanol–water partition coefficient (Wildman–Crippen LogP) is 6.72. The zero-order valence-corrected chi connectivity index (χ0v) is 21.4. The summed E-state index contributed by atoms with van der Waals surface area (Å²) < 4.78 is 17.5. The van der Waals surface area contributed by atoms with Gasteiger partial charge in [0.25, 0.3) is 0 Å². The lowest BCUT2D eigenvalue weighted by Crippen LogP contribution is -2.48. The zero-order valence-electron chi connectivity index (χ0n) is 21.4. The minimum absolute atomic E-state index is 0.0996. The Hall–Kier alpha value is -3.09. The van der Waals surface area contributed by atoms with Gasteiger partial charge in [-0.15, -0.1) is 0 Å². The van der Waals surface area contributed by atoms with Crippen LogP contribution in [0.4, 0.5) is 0 Å². The highest BCUT2D eigenvalue weighted by Gasteiger charge is 2.52. The summed E-state index contributed by atoms with van der Waals surface area (Å²) in [7, 11) is 1.60. The van der Waals surface area contributed by atoms with Crippen LogP contribution in [0.5, 0.6) is 11.5 Å². The van der Waals surface area contributed by atoms with Gasteiger partial charge in [-0.05, 0) is 121 Å². The molecule has 3 aromatic rings. The smallest absolute Gasteiger partial charge is 0.339 e. The van der Waals surface area contributed by atoms with E-state index < -0.39 is 12.4 Å². The molecule has 7 rings (SSSR count). The number of aromatic hydroxyl groups is 1. The Bertz CT molecular complexity index is 1310. The fourth-order valence-electron chi connectivity index (χ4n) is 7.69. The number of methoxy groups -OCH3 is 1. The summed E-state index contributed by atoms with van der Waals surface area (Å²) in [6.07, 6.45) is 7.71. The molecule has 0 amide bonds. The van der Waals surface area contributed by atoms with Crippen molar-refractivity contribution in [1.29, 1.82) is 0 Å². The van der Waals surface area contributed by atoms with Crippen molar-refractivity contribution in [2.45, 2.75) is 57.3 Å². The molecule has 0 saturated heterocycles. The zero-order chi connectivity index (χ0) is 25.7. The molecular formula is C31H34O6. The summed E-state index contributed by atoms with van der Waals surface area (Å²) in [5, 5.41) is 21.7. The number of carboxylic acid groups (broad SMARTS) is 1. The maximum absolute atomic E-state index is 11.3. The van der Waals surface area contributed by atoms with Crippen LogP contribution in [-0.2, 0) is 14.9 Å². The van der Waals surface area contributed by atoms with Crippen molar-refractivity contribution >= 4 is 16.7 Å². The van der Waals surface area contributed by atoms with Crippen LogP contribution in [0.3, 0.4) is 0 Å². The maximum atomic E-state index is 11.3. The van der Waals surface area contributed by atoms with Gasteiger partial charge in [0, 0.05) is 12.7 Å². The fraction of sp³-hybridized carbons (Fsp3) is 0.452. The highest BCUT2D eigenvalue weighted by molar-refractivity contribution is 5.93. The van der Waals surface area contributed by atoms with Crippen LogP contribution >= 0.6 is 0 Å². The van der Waals surface area contributed by atoms with E-state index in [4.69, 9.17) is 14.2 Å². The van der Waals surface area contributed by atoms with Crippen LogP contribution in [0.2, 0.25) is 0 Å². The molecule has 0 aromatic heterocycles. The first-order valence-electron chi connectivity index (χ1n) is 13.3. The van der Waals surface area contributed by atoms with E-state index in [1.165, 1.54) is 56.2 Å². The van der Waals surface area contributed by atoms with Crippen molar-refractivity contribution in [1.82, 2.24) is 0 Å². The third-order valence-electron chi connectivity index (χ3n) is 8.83. The number of fused-ring (bicyclic) bond motifs is 1. The molecule has 6 heteroatoms. The van der Waals surface area contributed by atoms with Crippen LogP contribution in [0.15, 0.2) is 48.5 Å². The average molecular weight is 503 g/mol. The minimum atomic E-state index is -1.14. The molecule has 4 bridgehead atoms. The van der Waals surface area contributed by atoms with E-state index in [1.54, 1.807) is 13.2 Å². The molecule has 3 aromatic carbocycles. The number of carboxylic acids is 1. The second-order valence-corrected chi connectivity index (χ2v) is 11.2. The Morgan fingerprint density at radius 3 is 2.19 bits per heavy atom. The van der Waals surface area contributed by atoms with Gasteiger partial charge in [0.05, 0.1) is 6.61 Å². The van der Waals surface area contributed by atoms with Crippen LogP contribution in [-0.4, -0.2) is 36.4 Å². The van der Waals surface area contributed by atoms with Crippen molar-refractivity contribution < 1.29 is 29.2 Å². The molecule has 4 aliphatic rings. The Morgan fingerprint density at radius 2 is 1.59 bits per heavy atom. The molecular weight excluding hydrogens is 468 g/mol. The quantitative estimate of drug-likeness (QED) is 0.333. The third kappa shape index (κ3) is 4.36. The number of benzene rings is 3. The van der Waals surface area contributed by atoms with Gasteiger partial charge in [0.2, 0.25) is 0 Å². The first kappa shape index (κ1) is 24.3. The Balaban J connectivity index is 1.45. The van der Waals surface area contributed by atoms with Crippen molar-refractivity contribution in [3.05, 3.63) is 59.7 Å². The number of carbonyl (C=O) groups is 1. The van der Waals surface area contributed by atoms with Crippen molar-refractivity contribution in [2.75, 3.05) is 13.7 Å². The summed E-state index contributed by atoms with van der Waals surface area (Å²) in [5.74, 6) is 1.85. The first-order chi connectivity index (χ1) is 17.9. The molecule has 4 fully saturated rings. The minimum Gasteiger partial charge on any atom is -0.507 e. The van der Waals surface area contributed by atoms with E-state index in [9.17, 15) is 15.0 Å². The summed E-state index contributed by atoms with van der Waals surface area (Å²) >= 11 is 0. The van der Waals surface area contributed by atoms with Gasteiger partial charge in [-0.3, -0.25) is 0 Å². The SMILES string of the molecule is CCOC(OC)Oc1cc2ccc(-c3ccc(C(=O)O)c(O)c3)cc2cc1C12CC3CC(CC(C3)C1)C2. The molecule has 0 aliphatic heterocycles. The number of rotatable bonds is 8. The molecule has 2 N–H and O–H groups in total. The number of hydrogen-bond donors (Lipinski definition) is 2. The largest absolute Gasteiger partial charge is 0.507 e. The topological polar surface area (TPSA) is 85.2 Å². The second kappa shape index (κ2) is 9.34. The van der Waals surface area contributed by atoms with E-state index >= 15 is 0 Å². The summed E-state index contributed by atoms with van der Waals surface area (Å²) in [4.78, 5) is 11.3.